The van der Waals surface area contributed by atoms with Crippen LogP contribution in [0.3, 0.4) is 0 Å². The van der Waals surface area contributed by atoms with Crippen molar-refractivity contribution in [2.75, 3.05) is 32.8 Å². The van der Waals surface area contributed by atoms with Crippen LogP contribution in [0.15, 0.2) is 30.4 Å². The van der Waals surface area contributed by atoms with E-state index in [-0.39, 0.29) is 24.2 Å². The molecule has 3 aliphatic rings. The van der Waals surface area contributed by atoms with Gasteiger partial charge in [-0.1, -0.05) is 18.2 Å². The van der Waals surface area contributed by atoms with Gasteiger partial charge in [0.25, 0.3) is 0 Å². The molecule has 0 aromatic heterocycles. The van der Waals surface area contributed by atoms with Crippen LogP contribution >= 0.6 is 12.4 Å². The van der Waals surface area contributed by atoms with Crippen molar-refractivity contribution >= 4 is 18.4 Å². The SMILES string of the molecule is Cl.O=C(O)CCN1CCC2(CC1)COc1cc(OCC3CC=CCC3)ccc12. The molecule has 0 amide bonds. The van der Waals surface area contributed by atoms with Crippen LogP contribution in [0.5, 0.6) is 11.5 Å². The van der Waals surface area contributed by atoms with E-state index in [1.165, 1.54) is 12.0 Å². The first-order valence-electron chi connectivity index (χ1n) is 10.1. The topological polar surface area (TPSA) is 59.0 Å². The van der Waals surface area contributed by atoms with E-state index >= 15 is 0 Å². The Morgan fingerprint density at radius 1 is 1.29 bits per heavy atom. The van der Waals surface area contributed by atoms with Gasteiger partial charge in [0, 0.05) is 23.6 Å². The fraction of sp³-hybridized carbons (Fsp3) is 0.591. The molecule has 4 rings (SSSR count). The smallest absolute Gasteiger partial charge is 0.304 e. The van der Waals surface area contributed by atoms with Gasteiger partial charge in [0.2, 0.25) is 0 Å². The number of carboxylic acid groups (broad SMARTS) is 1. The molecule has 1 N–H and O–H groups in total. The summed E-state index contributed by atoms with van der Waals surface area (Å²) in [5.74, 6) is 1.77. The highest BCUT2D eigenvalue weighted by atomic mass is 35.5. The Morgan fingerprint density at radius 2 is 2.11 bits per heavy atom. The van der Waals surface area contributed by atoms with Gasteiger partial charge in [-0.15, -0.1) is 12.4 Å². The van der Waals surface area contributed by atoms with Crippen LogP contribution in [0.1, 0.15) is 44.1 Å². The van der Waals surface area contributed by atoms with Crippen molar-refractivity contribution in [1.29, 1.82) is 0 Å². The lowest BCUT2D eigenvalue weighted by molar-refractivity contribution is -0.137. The van der Waals surface area contributed by atoms with Crippen molar-refractivity contribution < 1.29 is 19.4 Å². The predicted octanol–water partition coefficient (Wildman–Crippen LogP) is 4.04. The predicted molar refractivity (Wildman–Crippen MR) is 111 cm³/mol. The summed E-state index contributed by atoms with van der Waals surface area (Å²) in [4.78, 5) is 13.0. The van der Waals surface area contributed by atoms with Crippen LogP contribution in [-0.2, 0) is 10.2 Å². The first kappa shape index (κ1) is 21.0. The molecular formula is C22H30ClNO4. The largest absolute Gasteiger partial charge is 0.493 e. The van der Waals surface area contributed by atoms with Gasteiger partial charge in [0.05, 0.1) is 19.6 Å². The Hall–Kier alpha value is -1.72. The van der Waals surface area contributed by atoms with Crippen molar-refractivity contribution in [2.45, 2.75) is 43.9 Å². The highest BCUT2D eigenvalue weighted by Gasteiger charge is 2.43. The number of halogens is 1. The number of benzene rings is 1. The fourth-order valence-electron chi connectivity index (χ4n) is 4.54. The summed E-state index contributed by atoms with van der Waals surface area (Å²) in [5.41, 5.74) is 1.38. The molecule has 2 heterocycles. The Balaban J connectivity index is 0.00000225. The molecular weight excluding hydrogens is 378 g/mol. The van der Waals surface area contributed by atoms with Gasteiger partial charge in [-0.3, -0.25) is 4.79 Å². The van der Waals surface area contributed by atoms with Crippen molar-refractivity contribution in [3.8, 4) is 11.5 Å². The molecule has 1 unspecified atom stereocenters. The molecule has 1 aliphatic carbocycles. The summed E-state index contributed by atoms with van der Waals surface area (Å²) >= 11 is 0. The number of nitrogens with zero attached hydrogens (tertiary/aromatic N) is 1. The zero-order chi connectivity index (χ0) is 18.7. The van der Waals surface area contributed by atoms with Crippen LogP contribution < -0.4 is 9.47 Å². The first-order chi connectivity index (χ1) is 13.1. The van der Waals surface area contributed by atoms with Crippen LogP contribution in [0.25, 0.3) is 0 Å². The summed E-state index contributed by atoms with van der Waals surface area (Å²) in [6, 6.07) is 6.33. The van der Waals surface area contributed by atoms with Gasteiger partial charge in [-0.25, -0.2) is 0 Å². The number of carboxylic acids is 1. The van der Waals surface area contributed by atoms with E-state index < -0.39 is 5.97 Å². The number of hydrogen-bond acceptors (Lipinski definition) is 4. The number of carbonyl (C=O) groups is 1. The maximum absolute atomic E-state index is 10.8. The minimum Gasteiger partial charge on any atom is -0.493 e. The van der Waals surface area contributed by atoms with E-state index in [1.54, 1.807) is 0 Å². The molecule has 1 saturated heterocycles. The second kappa shape index (κ2) is 9.19. The van der Waals surface area contributed by atoms with E-state index in [2.05, 4.69) is 35.3 Å². The monoisotopic (exact) mass is 407 g/mol. The maximum Gasteiger partial charge on any atom is 0.304 e. The Morgan fingerprint density at radius 3 is 2.82 bits per heavy atom. The summed E-state index contributed by atoms with van der Waals surface area (Å²) in [5, 5.41) is 8.87. The zero-order valence-corrected chi connectivity index (χ0v) is 17.1. The van der Waals surface area contributed by atoms with Crippen molar-refractivity contribution in [3.63, 3.8) is 0 Å². The highest BCUT2D eigenvalue weighted by molar-refractivity contribution is 5.85. The van der Waals surface area contributed by atoms with Gasteiger partial charge in [-0.05, 0) is 57.2 Å². The van der Waals surface area contributed by atoms with E-state index in [1.807, 2.05) is 0 Å². The quantitative estimate of drug-likeness (QED) is 0.721. The number of hydrogen-bond donors (Lipinski definition) is 1. The number of aliphatic carboxylic acids is 1. The van der Waals surface area contributed by atoms with Gasteiger partial charge in [0.15, 0.2) is 0 Å². The van der Waals surface area contributed by atoms with E-state index in [4.69, 9.17) is 14.6 Å². The number of likely N-dealkylation sites (tertiary alicyclic amines) is 1. The fourth-order valence-corrected chi connectivity index (χ4v) is 4.54. The second-order valence-electron chi connectivity index (χ2n) is 8.17. The molecule has 0 bridgehead atoms. The average molecular weight is 408 g/mol. The third-order valence-corrected chi connectivity index (χ3v) is 6.35. The van der Waals surface area contributed by atoms with Crippen LogP contribution in [0, 0.1) is 5.92 Å². The number of fused-ring (bicyclic) bond motifs is 2. The zero-order valence-electron chi connectivity index (χ0n) is 16.3. The minimum atomic E-state index is -0.721. The third kappa shape index (κ3) is 4.64. The molecule has 28 heavy (non-hydrogen) atoms. The van der Waals surface area contributed by atoms with Crippen LogP contribution in [0.4, 0.5) is 0 Å². The third-order valence-electron chi connectivity index (χ3n) is 6.35. The lowest BCUT2D eigenvalue weighted by Gasteiger charge is -2.38. The van der Waals surface area contributed by atoms with E-state index in [0.29, 0.717) is 12.5 Å². The standard InChI is InChI=1S/C22H29NO4.ClH/c24-21(25)8-11-23-12-9-22(10-13-23)16-27-20-14-18(6-7-19(20)22)26-15-17-4-2-1-3-5-17;/h1-2,6-7,14,17H,3-5,8-13,15-16H2,(H,24,25);1H. The molecule has 0 saturated carbocycles. The summed E-state index contributed by atoms with van der Waals surface area (Å²) < 4.78 is 12.1. The summed E-state index contributed by atoms with van der Waals surface area (Å²) in [7, 11) is 0. The molecule has 1 aromatic rings. The first-order valence-corrected chi connectivity index (χ1v) is 10.1. The van der Waals surface area contributed by atoms with Gasteiger partial charge >= 0.3 is 5.97 Å². The van der Waals surface area contributed by atoms with Gasteiger partial charge in [0.1, 0.15) is 11.5 Å². The highest BCUT2D eigenvalue weighted by Crippen LogP contribution is 2.46. The van der Waals surface area contributed by atoms with Crippen molar-refractivity contribution in [1.82, 2.24) is 4.90 Å². The Labute approximate surface area is 173 Å². The lowest BCUT2D eigenvalue weighted by Crippen LogP contribution is -2.44. The maximum atomic E-state index is 10.8. The Bertz CT molecular complexity index is 712. The average Bonchev–Trinajstić information content (AvgIpc) is 3.04. The number of allylic oxidation sites excluding steroid dienone is 2. The molecule has 1 atom stereocenters. The van der Waals surface area contributed by atoms with Crippen LogP contribution in [0.2, 0.25) is 0 Å². The van der Waals surface area contributed by atoms with Gasteiger partial charge < -0.3 is 19.5 Å². The molecule has 2 aliphatic heterocycles. The molecule has 0 radical (unpaired) electrons. The summed E-state index contributed by atoms with van der Waals surface area (Å²) in [6.45, 7) is 4.01. The normalized spacial score (nSPS) is 22.9. The molecule has 5 nitrogen and oxygen atoms in total. The van der Waals surface area contributed by atoms with E-state index in [9.17, 15) is 4.79 Å². The molecule has 1 fully saturated rings. The second-order valence-corrected chi connectivity index (χ2v) is 8.17. The van der Waals surface area contributed by atoms with Crippen molar-refractivity contribution in [3.05, 3.63) is 35.9 Å². The molecule has 154 valence electrons. The molecule has 6 heteroatoms. The number of piperidine rings is 1. The van der Waals surface area contributed by atoms with Crippen LogP contribution in [-0.4, -0.2) is 48.8 Å². The van der Waals surface area contributed by atoms with Crippen molar-refractivity contribution in [2.24, 2.45) is 5.92 Å². The van der Waals surface area contributed by atoms with E-state index in [0.717, 1.165) is 63.5 Å². The number of ether oxygens (including phenoxy) is 2. The summed E-state index contributed by atoms with van der Waals surface area (Å²) in [6.07, 6.45) is 10.3. The minimum absolute atomic E-state index is 0. The molecule has 1 spiro atoms. The van der Waals surface area contributed by atoms with Gasteiger partial charge in [-0.2, -0.15) is 0 Å². The Kier molecular flexibility index (Phi) is 6.89. The molecule has 1 aromatic carbocycles. The number of rotatable bonds is 6. The lowest BCUT2D eigenvalue weighted by atomic mass is 9.74.